The smallest absolute Gasteiger partial charge is 0.330 e. The van der Waals surface area contributed by atoms with Crippen molar-refractivity contribution in [1.29, 1.82) is 0 Å². The molecule has 0 aliphatic heterocycles. The third kappa shape index (κ3) is 8.16. The van der Waals surface area contributed by atoms with Gasteiger partial charge in [-0.25, -0.2) is 4.79 Å². The van der Waals surface area contributed by atoms with Gasteiger partial charge in [0.1, 0.15) is 0 Å². The maximum atomic E-state index is 11.3. The van der Waals surface area contributed by atoms with E-state index in [4.69, 9.17) is 9.16 Å². The first-order valence-electron chi connectivity index (χ1n) is 6.09. The zero-order valence-electron chi connectivity index (χ0n) is 12.2. The molecule has 4 heteroatoms. The summed E-state index contributed by atoms with van der Waals surface area (Å²) in [5.74, 6) is -0.305. The van der Waals surface area contributed by atoms with Crippen molar-refractivity contribution >= 4 is 14.3 Å². The number of carbonyl (C=O) groups is 1. The van der Waals surface area contributed by atoms with Crippen LogP contribution in [0.15, 0.2) is 12.2 Å². The van der Waals surface area contributed by atoms with E-state index in [1.165, 1.54) is 6.08 Å². The van der Waals surface area contributed by atoms with Crippen LogP contribution < -0.4 is 0 Å². The van der Waals surface area contributed by atoms with E-state index in [0.29, 0.717) is 6.61 Å². The first-order valence-corrected chi connectivity index (χ1v) is 9.50. The molecule has 0 spiro atoms. The van der Waals surface area contributed by atoms with Crippen LogP contribution in [-0.2, 0) is 14.0 Å². The van der Waals surface area contributed by atoms with Gasteiger partial charge in [-0.1, -0.05) is 20.8 Å². The highest BCUT2D eigenvalue weighted by Gasteiger charge is 2.28. The standard InChI is InChI=1S/C13H26O3Si/c1-8-15-12(14)10-9-11(13(2,3)4)16-17(5,6)7/h9-11H,8H2,1-7H3/b10-9+/t11-/m0/s1. The molecule has 0 fully saturated rings. The lowest BCUT2D eigenvalue weighted by Gasteiger charge is -2.33. The highest BCUT2D eigenvalue weighted by molar-refractivity contribution is 6.69. The highest BCUT2D eigenvalue weighted by atomic mass is 28.4. The molecule has 17 heavy (non-hydrogen) atoms. The number of carbonyl (C=O) groups excluding carboxylic acids is 1. The fourth-order valence-corrected chi connectivity index (χ4v) is 2.44. The van der Waals surface area contributed by atoms with E-state index in [1.807, 2.05) is 6.08 Å². The van der Waals surface area contributed by atoms with Gasteiger partial charge in [-0.2, -0.15) is 0 Å². The van der Waals surface area contributed by atoms with Gasteiger partial charge in [-0.05, 0) is 38.1 Å². The van der Waals surface area contributed by atoms with Crippen LogP contribution in [0.4, 0.5) is 0 Å². The van der Waals surface area contributed by atoms with Crippen molar-refractivity contribution in [3.8, 4) is 0 Å². The fourth-order valence-electron chi connectivity index (χ4n) is 1.24. The van der Waals surface area contributed by atoms with Crippen LogP contribution >= 0.6 is 0 Å². The van der Waals surface area contributed by atoms with Gasteiger partial charge in [0.25, 0.3) is 0 Å². The summed E-state index contributed by atoms with van der Waals surface area (Å²) in [6, 6.07) is 0. The van der Waals surface area contributed by atoms with E-state index < -0.39 is 8.32 Å². The Kier molecular flexibility index (Phi) is 6.13. The Hall–Kier alpha value is -0.613. The van der Waals surface area contributed by atoms with E-state index in [-0.39, 0.29) is 17.5 Å². The molecular weight excluding hydrogens is 232 g/mol. The summed E-state index contributed by atoms with van der Waals surface area (Å²) in [5, 5.41) is 0. The Bertz CT molecular complexity index is 271. The fraction of sp³-hybridized carbons (Fsp3) is 0.769. The molecule has 0 bridgehead atoms. The molecule has 0 saturated heterocycles. The van der Waals surface area contributed by atoms with Crippen molar-refractivity contribution in [1.82, 2.24) is 0 Å². The second kappa shape index (κ2) is 6.35. The zero-order chi connectivity index (χ0) is 13.7. The van der Waals surface area contributed by atoms with Gasteiger partial charge in [0.2, 0.25) is 0 Å². The Morgan fingerprint density at radius 3 is 2.18 bits per heavy atom. The second-order valence-electron chi connectivity index (χ2n) is 6.13. The molecule has 100 valence electrons. The number of hydrogen-bond donors (Lipinski definition) is 0. The minimum Gasteiger partial charge on any atom is -0.463 e. The molecule has 0 heterocycles. The lowest BCUT2D eigenvalue weighted by atomic mass is 9.89. The monoisotopic (exact) mass is 258 g/mol. The topological polar surface area (TPSA) is 35.5 Å². The van der Waals surface area contributed by atoms with Gasteiger partial charge in [0.05, 0.1) is 12.7 Å². The van der Waals surface area contributed by atoms with Gasteiger partial charge < -0.3 is 9.16 Å². The SMILES string of the molecule is CCOC(=O)/C=C/[C@H](O[Si](C)(C)C)C(C)(C)C. The number of hydrogen-bond acceptors (Lipinski definition) is 3. The van der Waals surface area contributed by atoms with Crippen LogP contribution in [-0.4, -0.2) is 27.0 Å². The Labute approximate surface area is 106 Å². The summed E-state index contributed by atoms with van der Waals surface area (Å²) in [7, 11) is -1.62. The van der Waals surface area contributed by atoms with E-state index in [2.05, 4.69) is 40.4 Å². The molecule has 0 radical (unpaired) electrons. The van der Waals surface area contributed by atoms with Crippen molar-refractivity contribution in [3.63, 3.8) is 0 Å². The van der Waals surface area contributed by atoms with Gasteiger partial charge in [0, 0.05) is 6.08 Å². The predicted octanol–water partition coefficient (Wildman–Crippen LogP) is 3.37. The third-order valence-corrected chi connectivity index (χ3v) is 2.99. The number of esters is 1. The number of rotatable bonds is 5. The van der Waals surface area contributed by atoms with Gasteiger partial charge >= 0.3 is 5.97 Å². The van der Waals surface area contributed by atoms with E-state index in [1.54, 1.807) is 6.92 Å². The van der Waals surface area contributed by atoms with Crippen molar-refractivity contribution in [2.24, 2.45) is 5.41 Å². The molecule has 0 amide bonds. The summed E-state index contributed by atoms with van der Waals surface area (Å²) in [5.41, 5.74) is -0.0245. The Morgan fingerprint density at radius 1 is 1.29 bits per heavy atom. The van der Waals surface area contributed by atoms with Gasteiger partial charge in [0.15, 0.2) is 8.32 Å². The summed E-state index contributed by atoms with van der Waals surface area (Å²) in [6.45, 7) is 14.9. The molecule has 0 saturated carbocycles. The van der Waals surface area contributed by atoms with Gasteiger partial charge in [-0.3, -0.25) is 0 Å². The molecule has 0 rings (SSSR count). The van der Waals surface area contributed by atoms with Crippen LogP contribution in [0.2, 0.25) is 19.6 Å². The van der Waals surface area contributed by atoms with E-state index in [0.717, 1.165) is 0 Å². The summed E-state index contributed by atoms with van der Waals surface area (Å²) in [4.78, 5) is 11.3. The van der Waals surface area contributed by atoms with Crippen LogP contribution in [0.5, 0.6) is 0 Å². The largest absolute Gasteiger partial charge is 0.463 e. The molecule has 0 aromatic heterocycles. The van der Waals surface area contributed by atoms with E-state index in [9.17, 15) is 4.79 Å². The lowest BCUT2D eigenvalue weighted by molar-refractivity contribution is -0.137. The van der Waals surface area contributed by atoms with Crippen LogP contribution in [0.25, 0.3) is 0 Å². The maximum Gasteiger partial charge on any atom is 0.330 e. The van der Waals surface area contributed by atoms with Crippen molar-refractivity contribution in [2.75, 3.05) is 6.61 Å². The molecule has 0 aliphatic rings. The third-order valence-electron chi connectivity index (χ3n) is 2.03. The van der Waals surface area contributed by atoms with Crippen LogP contribution in [0.3, 0.4) is 0 Å². The molecule has 0 unspecified atom stereocenters. The van der Waals surface area contributed by atoms with E-state index >= 15 is 0 Å². The highest BCUT2D eigenvalue weighted by Crippen LogP contribution is 2.26. The van der Waals surface area contributed by atoms with Gasteiger partial charge in [-0.15, -0.1) is 0 Å². The summed E-state index contributed by atoms with van der Waals surface area (Å²) >= 11 is 0. The van der Waals surface area contributed by atoms with Crippen LogP contribution in [0.1, 0.15) is 27.7 Å². The molecule has 0 N–H and O–H groups in total. The van der Waals surface area contributed by atoms with Crippen molar-refractivity contribution in [2.45, 2.75) is 53.4 Å². The normalized spacial score (nSPS) is 15.0. The molecule has 0 aromatic rings. The molecule has 0 aliphatic carbocycles. The average Bonchev–Trinajstić information content (AvgIpc) is 2.09. The average molecular weight is 258 g/mol. The maximum absolute atomic E-state index is 11.3. The summed E-state index contributed by atoms with van der Waals surface area (Å²) < 4.78 is 10.9. The first-order chi connectivity index (χ1) is 7.56. The minimum absolute atomic E-state index is 0.0245. The van der Waals surface area contributed by atoms with Crippen LogP contribution in [0, 0.1) is 5.41 Å². The first kappa shape index (κ1) is 16.4. The Balaban J connectivity index is 4.67. The number of ether oxygens (including phenoxy) is 1. The molecular formula is C13H26O3Si. The Morgan fingerprint density at radius 2 is 1.82 bits per heavy atom. The zero-order valence-corrected chi connectivity index (χ0v) is 13.2. The molecule has 0 aromatic carbocycles. The van der Waals surface area contributed by atoms with Crippen molar-refractivity contribution < 1.29 is 14.0 Å². The molecule has 1 atom stereocenters. The van der Waals surface area contributed by atoms with Crippen molar-refractivity contribution in [3.05, 3.63) is 12.2 Å². The summed E-state index contributed by atoms with van der Waals surface area (Å²) in [6.07, 6.45) is 3.23. The predicted molar refractivity (Wildman–Crippen MR) is 73.4 cm³/mol. The second-order valence-corrected chi connectivity index (χ2v) is 10.6. The quantitative estimate of drug-likeness (QED) is 0.431. The lowest BCUT2D eigenvalue weighted by Crippen LogP contribution is -2.38. The minimum atomic E-state index is -1.62. The molecule has 3 nitrogen and oxygen atoms in total.